The quantitative estimate of drug-likeness (QED) is 0.669. The first-order chi connectivity index (χ1) is 8.18. The molecule has 0 saturated heterocycles. The van der Waals surface area contributed by atoms with Gasteiger partial charge in [0.25, 0.3) is 0 Å². The van der Waals surface area contributed by atoms with E-state index >= 15 is 0 Å². The second-order valence-corrected chi connectivity index (χ2v) is 4.74. The zero-order chi connectivity index (χ0) is 12.3. The molecule has 0 aliphatic heterocycles. The molecule has 0 atom stereocenters. The molecule has 2 aromatic carbocycles. The average molecular weight is 263 g/mol. The maximum Gasteiger partial charge on any atom is 0.0620 e. The highest BCUT2D eigenvalue weighted by Crippen LogP contribution is 2.27. The molecule has 2 aromatic rings. The molecular weight excluding hydrogens is 251 g/mol. The Hall–Kier alpha value is -1.24. The van der Waals surface area contributed by atoms with E-state index < -0.39 is 0 Å². The van der Waals surface area contributed by atoms with Crippen molar-refractivity contribution in [3.05, 3.63) is 65.2 Å². The molecule has 0 N–H and O–H groups in total. The van der Waals surface area contributed by atoms with E-state index in [1.54, 1.807) is 6.92 Å². The van der Waals surface area contributed by atoms with Crippen molar-refractivity contribution in [2.24, 2.45) is 0 Å². The fourth-order valence-electron chi connectivity index (χ4n) is 1.64. The monoisotopic (exact) mass is 262 g/mol. The number of allylic oxidation sites excluding steroid dienone is 1. The summed E-state index contributed by atoms with van der Waals surface area (Å²) in [7, 11) is 0. The van der Waals surface area contributed by atoms with Crippen molar-refractivity contribution in [1.82, 2.24) is 0 Å². The average Bonchev–Trinajstić information content (AvgIpc) is 2.39. The van der Waals surface area contributed by atoms with Crippen LogP contribution in [0.25, 0.3) is 16.2 Å². The highest BCUT2D eigenvalue weighted by atomic mass is 35.5. The van der Waals surface area contributed by atoms with Gasteiger partial charge in [0.2, 0.25) is 0 Å². The summed E-state index contributed by atoms with van der Waals surface area (Å²) in [6.45, 7) is 1.79. The Morgan fingerprint density at radius 3 is 1.82 bits per heavy atom. The number of halogens is 2. The first kappa shape index (κ1) is 12.2. The number of benzene rings is 2. The van der Waals surface area contributed by atoms with Crippen LogP contribution < -0.4 is 0 Å². The molecule has 0 bridgehead atoms. The molecule has 0 unspecified atom stereocenters. The predicted molar refractivity (Wildman–Crippen MR) is 76.2 cm³/mol. The standard InChI is InChI=1S/C15H12Cl2/c1-11(16)15(17)14-9-7-13(8-10-14)12-5-3-2-4-6-12/h2-10H,1H3. The molecule has 2 rings (SSSR count). The van der Waals surface area contributed by atoms with E-state index in [1.165, 1.54) is 11.1 Å². The van der Waals surface area contributed by atoms with Crippen molar-refractivity contribution < 1.29 is 0 Å². The summed E-state index contributed by atoms with van der Waals surface area (Å²) in [6.07, 6.45) is 0. The number of hydrogen-bond donors (Lipinski definition) is 0. The van der Waals surface area contributed by atoms with Crippen molar-refractivity contribution in [3.8, 4) is 11.1 Å². The van der Waals surface area contributed by atoms with Crippen LogP contribution in [0.2, 0.25) is 0 Å². The van der Waals surface area contributed by atoms with Gasteiger partial charge < -0.3 is 0 Å². The topological polar surface area (TPSA) is 0 Å². The fourth-order valence-corrected chi connectivity index (χ4v) is 1.87. The second kappa shape index (κ2) is 5.39. The fraction of sp³-hybridized carbons (Fsp3) is 0.0667. The molecule has 0 spiro atoms. The number of hydrogen-bond acceptors (Lipinski definition) is 0. The summed E-state index contributed by atoms with van der Waals surface area (Å²) in [5.41, 5.74) is 3.31. The number of rotatable bonds is 2. The normalized spacial score (nSPS) is 12.2. The van der Waals surface area contributed by atoms with Gasteiger partial charge >= 0.3 is 0 Å². The lowest BCUT2D eigenvalue weighted by Gasteiger charge is -2.04. The first-order valence-electron chi connectivity index (χ1n) is 5.36. The maximum absolute atomic E-state index is 6.09. The van der Waals surface area contributed by atoms with E-state index in [-0.39, 0.29) is 0 Å². The molecule has 0 heterocycles. The molecule has 0 radical (unpaired) electrons. The van der Waals surface area contributed by atoms with Crippen LogP contribution in [0.15, 0.2) is 59.6 Å². The Labute approximate surface area is 112 Å². The highest BCUT2D eigenvalue weighted by Gasteiger charge is 2.02. The molecular formula is C15H12Cl2. The molecule has 0 nitrogen and oxygen atoms in total. The van der Waals surface area contributed by atoms with Gasteiger partial charge in [0, 0.05) is 5.03 Å². The third kappa shape index (κ3) is 2.91. The van der Waals surface area contributed by atoms with Gasteiger partial charge in [-0.05, 0) is 23.6 Å². The molecule has 17 heavy (non-hydrogen) atoms. The van der Waals surface area contributed by atoms with Crippen molar-refractivity contribution >= 4 is 28.2 Å². The Morgan fingerprint density at radius 1 is 0.765 bits per heavy atom. The SMILES string of the molecule is CC(Cl)=C(Cl)c1ccc(-c2ccccc2)cc1. The Balaban J connectivity index is 2.35. The zero-order valence-corrected chi connectivity index (χ0v) is 11.0. The first-order valence-corrected chi connectivity index (χ1v) is 6.12. The van der Waals surface area contributed by atoms with E-state index in [4.69, 9.17) is 23.2 Å². The Morgan fingerprint density at radius 2 is 1.29 bits per heavy atom. The summed E-state index contributed by atoms with van der Waals surface area (Å²) < 4.78 is 0. The maximum atomic E-state index is 6.09. The van der Waals surface area contributed by atoms with Crippen LogP contribution in [-0.2, 0) is 0 Å². The minimum Gasteiger partial charge on any atom is -0.0878 e. The summed E-state index contributed by atoms with van der Waals surface area (Å²) in [5.74, 6) is 0. The third-order valence-electron chi connectivity index (χ3n) is 2.55. The lowest BCUT2D eigenvalue weighted by molar-refractivity contribution is 1.58. The largest absolute Gasteiger partial charge is 0.0878 e. The van der Waals surface area contributed by atoms with Crippen LogP contribution in [0.1, 0.15) is 12.5 Å². The third-order valence-corrected chi connectivity index (χ3v) is 3.34. The van der Waals surface area contributed by atoms with Gasteiger partial charge in [-0.2, -0.15) is 0 Å². The molecule has 0 saturated carbocycles. The van der Waals surface area contributed by atoms with E-state index in [0.29, 0.717) is 10.1 Å². The van der Waals surface area contributed by atoms with Crippen molar-refractivity contribution in [2.75, 3.05) is 0 Å². The van der Waals surface area contributed by atoms with Gasteiger partial charge in [0.15, 0.2) is 0 Å². The van der Waals surface area contributed by atoms with Crippen LogP contribution in [-0.4, -0.2) is 0 Å². The smallest absolute Gasteiger partial charge is 0.0620 e. The minimum absolute atomic E-state index is 0.603. The van der Waals surface area contributed by atoms with Crippen LogP contribution in [0, 0.1) is 0 Å². The van der Waals surface area contributed by atoms with Gasteiger partial charge in [-0.3, -0.25) is 0 Å². The van der Waals surface area contributed by atoms with Gasteiger partial charge in [-0.25, -0.2) is 0 Å². The van der Waals surface area contributed by atoms with Crippen LogP contribution in [0.3, 0.4) is 0 Å². The Kier molecular flexibility index (Phi) is 3.88. The van der Waals surface area contributed by atoms with E-state index in [2.05, 4.69) is 12.1 Å². The van der Waals surface area contributed by atoms with E-state index in [0.717, 1.165) is 5.56 Å². The van der Waals surface area contributed by atoms with Crippen LogP contribution in [0.4, 0.5) is 0 Å². The van der Waals surface area contributed by atoms with Gasteiger partial charge in [-0.15, -0.1) is 0 Å². The minimum atomic E-state index is 0.603. The summed E-state index contributed by atoms with van der Waals surface area (Å²) in [6, 6.07) is 18.3. The lowest BCUT2D eigenvalue weighted by atomic mass is 10.0. The molecule has 0 aliphatic carbocycles. The molecule has 0 amide bonds. The van der Waals surface area contributed by atoms with Crippen LogP contribution in [0.5, 0.6) is 0 Å². The zero-order valence-electron chi connectivity index (χ0n) is 9.45. The predicted octanol–water partition coefficient (Wildman–Crippen LogP) is 5.52. The van der Waals surface area contributed by atoms with Gasteiger partial charge in [-0.1, -0.05) is 77.8 Å². The summed E-state index contributed by atoms with van der Waals surface area (Å²) >= 11 is 12.0. The summed E-state index contributed by atoms with van der Waals surface area (Å²) in [4.78, 5) is 0. The second-order valence-electron chi connectivity index (χ2n) is 3.79. The lowest BCUT2D eigenvalue weighted by Crippen LogP contribution is -1.81. The van der Waals surface area contributed by atoms with Gasteiger partial charge in [0.1, 0.15) is 0 Å². The van der Waals surface area contributed by atoms with Crippen LogP contribution >= 0.6 is 23.2 Å². The summed E-state index contributed by atoms with van der Waals surface area (Å²) in [5, 5.41) is 1.21. The molecule has 2 heteroatoms. The molecule has 0 aliphatic rings. The van der Waals surface area contributed by atoms with Crippen molar-refractivity contribution in [1.29, 1.82) is 0 Å². The van der Waals surface area contributed by atoms with E-state index in [9.17, 15) is 0 Å². The Bertz CT molecular complexity index is 521. The van der Waals surface area contributed by atoms with Gasteiger partial charge in [0.05, 0.1) is 5.03 Å². The van der Waals surface area contributed by atoms with Crippen molar-refractivity contribution in [3.63, 3.8) is 0 Å². The van der Waals surface area contributed by atoms with E-state index in [1.807, 2.05) is 42.5 Å². The molecule has 86 valence electrons. The highest BCUT2D eigenvalue weighted by molar-refractivity contribution is 6.54. The molecule has 0 aromatic heterocycles. The molecule has 0 fully saturated rings. The van der Waals surface area contributed by atoms with Crippen molar-refractivity contribution in [2.45, 2.75) is 6.92 Å².